The molecule has 0 fully saturated rings. The van der Waals surface area contributed by atoms with E-state index in [9.17, 15) is 5.11 Å². The van der Waals surface area contributed by atoms with Gasteiger partial charge in [-0.25, -0.2) is 0 Å². The third-order valence-corrected chi connectivity index (χ3v) is 2.91. The number of methoxy groups -OCH3 is 1. The number of hydrogen-bond acceptors (Lipinski definition) is 2. The van der Waals surface area contributed by atoms with Crippen molar-refractivity contribution in [2.75, 3.05) is 7.11 Å². The molecule has 0 amide bonds. The van der Waals surface area contributed by atoms with E-state index in [1.807, 2.05) is 36.4 Å². The number of aliphatic hydroxyl groups is 1. The van der Waals surface area contributed by atoms with Crippen LogP contribution in [0.25, 0.3) is 6.08 Å². The summed E-state index contributed by atoms with van der Waals surface area (Å²) in [6, 6.07) is 16.1. The molecule has 0 unspecified atom stereocenters. The highest BCUT2D eigenvalue weighted by molar-refractivity contribution is 5.54. The van der Waals surface area contributed by atoms with Crippen molar-refractivity contribution < 1.29 is 9.84 Å². The molecule has 0 aromatic heterocycles. The number of hydrogen-bond donors (Lipinski definition) is 1. The lowest BCUT2D eigenvalue weighted by molar-refractivity contribution is 0.281. The van der Waals surface area contributed by atoms with E-state index in [-0.39, 0.29) is 6.61 Å². The lowest BCUT2D eigenvalue weighted by Gasteiger charge is -2.04. The molecule has 2 aromatic carbocycles. The predicted molar refractivity (Wildman–Crippen MR) is 78.1 cm³/mol. The zero-order chi connectivity index (χ0) is 13.5. The molecule has 0 aliphatic rings. The minimum Gasteiger partial charge on any atom is -0.497 e. The third-order valence-electron chi connectivity index (χ3n) is 2.91. The molecule has 0 saturated carbocycles. The largest absolute Gasteiger partial charge is 0.497 e. The van der Waals surface area contributed by atoms with Gasteiger partial charge in [-0.05, 0) is 41.3 Å². The van der Waals surface area contributed by atoms with Gasteiger partial charge in [-0.3, -0.25) is 0 Å². The molecular formula is C17H18O2. The van der Waals surface area contributed by atoms with Crippen LogP contribution in [0, 0.1) is 0 Å². The highest BCUT2D eigenvalue weighted by Gasteiger charge is 1.98. The van der Waals surface area contributed by atoms with E-state index in [4.69, 9.17) is 4.74 Å². The molecule has 2 rings (SSSR count). The fourth-order valence-corrected chi connectivity index (χ4v) is 1.94. The van der Waals surface area contributed by atoms with Crippen LogP contribution in [0.5, 0.6) is 5.75 Å². The molecular weight excluding hydrogens is 236 g/mol. The number of allylic oxidation sites excluding steroid dienone is 1. The van der Waals surface area contributed by atoms with E-state index >= 15 is 0 Å². The summed E-state index contributed by atoms with van der Waals surface area (Å²) < 4.78 is 5.22. The minimum absolute atomic E-state index is 0.0245. The summed E-state index contributed by atoms with van der Waals surface area (Å²) in [6.45, 7) is 0.0245. The van der Waals surface area contributed by atoms with E-state index in [0.29, 0.717) is 0 Å². The summed E-state index contributed by atoms with van der Waals surface area (Å²) in [5.41, 5.74) is 3.18. The molecule has 0 bridgehead atoms. The lowest BCUT2D eigenvalue weighted by atomic mass is 10.1. The first-order chi connectivity index (χ1) is 9.31. The molecule has 98 valence electrons. The summed E-state index contributed by atoms with van der Waals surface area (Å²) in [5.74, 6) is 0.769. The van der Waals surface area contributed by atoms with Gasteiger partial charge in [0.25, 0.3) is 0 Å². The Morgan fingerprint density at radius 3 is 2.53 bits per heavy atom. The highest BCUT2D eigenvalue weighted by atomic mass is 16.5. The molecule has 2 aromatic rings. The van der Waals surface area contributed by atoms with Crippen LogP contribution < -0.4 is 4.74 Å². The maximum Gasteiger partial charge on any atom is 0.119 e. The zero-order valence-corrected chi connectivity index (χ0v) is 11.0. The summed E-state index contributed by atoms with van der Waals surface area (Å²) in [7, 11) is 1.63. The molecule has 0 atom stereocenters. The standard InChI is InChI=1S/C17H18O2/c1-19-17-11-15(10-16(12-17)13-18)9-5-8-14-6-3-2-4-7-14/h2-7,9-12,18H,8,13H2,1H3. The predicted octanol–water partition coefficient (Wildman–Crippen LogP) is 3.44. The summed E-state index contributed by atoms with van der Waals surface area (Å²) in [6.07, 6.45) is 5.06. The van der Waals surface area contributed by atoms with Crippen LogP contribution in [-0.4, -0.2) is 12.2 Å². The van der Waals surface area contributed by atoms with Crippen molar-refractivity contribution >= 4 is 6.08 Å². The first-order valence-corrected chi connectivity index (χ1v) is 6.31. The van der Waals surface area contributed by atoms with Crippen molar-refractivity contribution in [2.24, 2.45) is 0 Å². The molecule has 2 nitrogen and oxygen atoms in total. The Morgan fingerprint density at radius 1 is 1.05 bits per heavy atom. The highest BCUT2D eigenvalue weighted by Crippen LogP contribution is 2.18. The van der Waals surface area contributed by atoms with Crippen LogP contribution >= 0.6 is 0 Å². The topological polar surface area (TPSA) is 29.5 Å². The van der Waals surface area contributed by atoms with Crippen molar-refractivity contribution in [3.8, 4) is 5.75 Å². The van der Waals surface area contributed by atoms with Crippen molar-refractivity contribution in [1.29, 1.82) is 0 Å². The smallest absolute Gasteiger partial charge is 0.119 e. The Balaban J connectivity index is 2.10. The molecule has 1 N–H and O–H groups in total. The van der Waals surface area contributed by atoms with E-state index in [1.165, 1.54) is 5.56 Å². The normalized spacial score (nSPS) is 10.8. The fraction of sp³-hybridized carbons (Fsp3) is 0.176. The van der Waals surface area contributed by atoms with Gasteiger partial charge in [-0.1, -0.05) is 42.5 Å². The fourth-order valence-electron chi connectivity index (χ4n) is 1.94. The lowest BCUT2D eigenvalue weighted by Crippen LogP contribution is -1.89. The summed E-state index contributed by atoms with van der Waals surface area (Å²) in [4.78, 5) is 0. The number of benzene rings is 2. The molecule has 0 spiro atoms. The van der Waals surface area contributed by atoms with E-state index in [1.54, 1.807) is 7.11 Å². The molecule has 0 heterocycles. The Morgan fingerprint density at radius 2 is 1.84 bits per heavy atom. The molecule has 0 aliphatic carbocycles. The molecule has 0 radical (unpaired) electrons. The molecule has 2 heteroatoms. The Labute approximate surface area is 114 Å². The Kier molecular flexibility index (Phi) is 4.76. The monoisotopic (exact) mass is 254 g/mol. The van der Waals surface area contributed by atoms with Crippen LogP contribution in [0.3, 0.4) is 0 Å². The van der Waals surface area contributed by atoms with Crippen molar-refractivity contribution in [2.45, 2.75) is 13.0 Å². The second-order valence-electron chi connectivity index (χ2n) is 4.36. The van der Waals surface area contributed by atoms with Crippen LogP contribution in [0.4, 0.5) is 0 Å². The minimum atomic E-state index is 0.0245. The van der Waals surface area contributed by atoms with Gasteiger partial charge in [0.1, 0.15) is 5.75 Å². The average Bonchev–Trinajstić information content (AvgIpc) is 2.48. The van der Waals surface area contributed by atoms with Crippen LogP contribution in [0.2, 0.25) is 0 Å². The number of rotatable bonds is 5. The van der Waals surface area contributed by atoms with Gasteiger partial charge >= 0.3 is 0 Å². The van der Waals surface area contributed by atoms with Gasteiger partial charge in [0, 0.05) is 0 Å². The van der Waals surface area contributed by atoms with Gasteiger partial charge in [0.15, 0.2) is 0 Å². The van der Waals surface area contributed by atoms with Crippen molar-refractivity contribution in [3.05, 3.63) is 71.3 Å². The van der Waals surface area contributed by atoms with Gasteiger partial charge in [0.2, 0.25) is 0 Å². The zero-order valence-electron chi connectivity index (χ0n) is 11.0. The summed E-state index contributed by atoms with van der Waals surface area (Å²) >= 11 is 0. The van der Waals surface area contributed by atoms with E-state index in [0.717, 1.165) is 23.3 Å². The van der Waals surface area contributed by atoms with Crippen molar-refractivity contribution in [1.82, 2.24) is 0 Å². The number of ether oxygens (including phenoxy) is 1. The molecule has 0 aliphatic heterocycles. The SMILES string of the molecule is COc1cc(C=CCc2ccccc2)cc(CO)c1. The maximum atomic E-state index is 9.21. The first-order valence-electron chi connectivity index (χ1n) is 6.31. The third kappa shape index (κ3) is 3.97. The molecule has 19 heavy (non-hydrogen) atoms. The van der Waals surface area contributed by atoms with E-state index in [2.05, 4.69) is 24.3 Å². The van der Waals surface area contributed by atoms with E-state index < -0.39 is 0 Å². The Bertz CT molecular complexity index is 522. The second-order valence-corrected chi connectivity index (χ2v) is 4.36. The quantitative estimate of drug-likeness (QED) is 0.885. The van der Waals surface area contributed by atoms with Gasteiger partial charge in [-0.2, -0.15) is 0 Å². The first kappa shape index (κ1) is 13.4. The van der Waals surface area contributed by atoms with Gasteiger partial charge < -0.3 is 9.84 Å². The second kappa shape index (κ2) is 6.76. The number of aliphatic hydroxyl groups excluding tert-OH is 1. The average molecular weight is 254 g/mol. The van der Waals surface area contributed by atoms with Crippen LogP contribution in [0.15, 0.2) is 54.6 Å². The van der Waals surface area contributed by atoms with Crippen LogP contribution in [0.1, 0.15) is 16.7 Å². The van der Waals surface area contributed by atoms with Crippen molar-refractivity contribution in [3.63, 3.8) is 0 Å². The molecule has 0 saturated heterocycles. The van der Waals surface area contributed by atoms with Gasteiger partial charge in [-0.15, -0.1) is 0 Å². The van der Waals surface area contributed by atoms with Crippen LogP contribution in [-0.2, 0) is 13.0 Å². The van der Waals surface area contributed by atoms with Gasteiger partial charge in [0.05, 0.1) is 13.7 Å². The summed E-state index contributed by atoms with van der Waals surface area (Å²) in [5, 5.41) is 9.21. The maximum absolute atomic E-state index is 9.21. The Hall–Kier alpha value is -2.06.